The van der Waals surface area contributed by atoms with Crippen molar-refractivity contribution in [2.24, 2.45) is 0 Å². The third kappa shape index (κ3) is 2.28. The monoisotopic (exact) mass is 242 g/mol. The molecule has 2 fully saturated rings. The van der Waals surface area contributed by atoms with Crippen LogP contribution in [-0.4, -0.2) is 41.3 Å². The van der Waals surface area contributed by atoms with E-state index in [-0.39, 0.29) is 19.0 Å². The smallest absolute Gasteiger partial charge is 0.411 e. The molecule has 2 saturated heterocycles. The van der Waals surface area contributed by atoms with Crippen molar-refractivity contribution >= 4 is 6.09 Å². The first-order valence-corrected chi connectivity index (χ1v) is 6.25. The van der Waals surface area contributed by atoms with Gasteiger partial charge in [0.1, 0.15) is 5.60 Å². The van der Waals surface area contributed by atoms with Crippen LogP contribution in [0.2, 0.25) is 0 Å². The van der Waals surface area contributed by atoms with Crippen molar-refractivity contribution in [2.45, 2.75) is 64.1 Å². The van der Waals surface area contributed by atoms with E-state index in [9.17, 15) is 4.79 Å². The van der Waals surface area contributed by atoms with Crippen molar-refractivity contribution in [1.29, 1.82) is 0 Å². The quantitative estimate of drug-likeness (QED) is 0.766. The molecule has 0 spiro atoms. The molecule has 2 aliphatic rings. The van der Waals surface area contributed by atoms with Crippen molar-refractivity contribution in [1.82, 2.24) is 10.2 Å². The van der Waals surface area contributed by atoms with Crippen LogP contribution in [0.4, 0.5) is 4.79 Å². The van der Waals surface area contributed by atoms with Gasteiger partial charge in [0.05, 0.1) is 5.54 Å². The third-order valence-electron chi connectivity index (χ3n) is 3.54. The lowest BCUT2D eigenvalue weighted by atomic mass is 9.93. The molecule has 2 bridgehead atoms. The van der Waals surface area contributed by atoms with Gasteiger partial charge in [-0.3, -0.25) is 4.90 Å². The van der Waals surface area contributed by atoms with Crippen molar-refractivity contribution in [3.63, 3.8) is 0 Å². The first-order chi connectivity index (χ1) is 8.80. The first kappa shape index (κ1) is 10.2. The minimum atomic E-state index is -0.585. The Kier molecular flexibility index (Phi) is 2.49. The highest BCUT2D eigenvalue weighted by atomic mass is 16.6. The summed E-state index contributed by atoms with van der Waals surface area (Å²) in [6, 6.07) is 0.1000. The number of nitrogens with one attached hydrogen (secondary N) is 1. The molecule has 0 aromatic heterocycles. The van der Waals surface area contributed by atoms with E-state index >= 15 is 0 Å². The van der Waals surface area contributed by atoms with Crippen LogP contribution >= 0.6 is 0 Å². The second kappa shape index (κ2) is 4.16. The Morgan fingerprint density at radius 2 is 2.47 bits per heavy atom. The molecule has 98 valence electrons. The summed E-state index contributed by atoms with van der Waals surface area (Å²) in [6.07, 6.45) is 0.762. The Balaban J connectivity index is 2.23. The highest BCUT2D eigenvalue weighted by molar-refractivity contribution is 5.70. The van der Waals surface area contributed by atoms with Gasteiger partial charge in [-0.2, -0.15) is 0 Å². The number of ether oxygens (including phenoxy) is 1. The Hall–Kier alpha value is -0.770. The lowest BCUT2D eigenvalue weighted by Gasteiger charge is -2.44. The number of fused-ring (bicyclic) bond motifs is 2. The van der Waals surface area contributed by atoms with E-state index in [0.717, 1.165) is 19.4 Å². The molecule has 1 unspecified atom stereocenters. The summed E-state index contributed by atoms with van der Waals surface area (Å²) in [5.41, 5.74) is -1.09. The maximum absolute atomic E-state index is 12.4. The van der Waals surface area contributed by atoms with Crippen molar-refractivity contribution in [3.8, 4) is 0 Å². The summed E-state index contributed by atoms with van der Waals surface area (Å²) in [4.78, 5) is 14.2. The summed E-state index contributed by atoms with van der Waals surface area (Å²) in [5.74, 6) is 0. The molecule has 0 radical (unpaired) electrons. The van der Waals surface area contributed by atoms with Gasteiger partial charge < -0.3 is 10.1 Å². The minimum absolute atomic E-state index is 0.00764. The van der Waals surface area contributed by atoms with Crippen LogP contribution in [-0.2, 0) is 4.74 Å². The normalized spacial score (nSPS) is 36.2. The number of carbonyl (C=O) groups excluding carboxylic acids is 1. The molecule has 4 heteroatoms. The number of hydrogen-bond donors (Lipinski definition) is 1. The topological polar surface area (TPSA) is 41.6 Å². The average molecular weight is 242 g/mol. The molecule has 0 aromatic rings. The van der Waals surface area contributed by atoms with Gasteiger partial charge in [-0.1, -0.05) is 6.90 Å². The molecule has 17 heavy (non-hydrogen) atoms. The van der Waals surface area contributed by atoms with E-state index in [1.807, 2.05) is 20.8 Å². The average Bonchev–Trinajstić information content (AvgIpc) is 2.54. The summed E-state index contributed by atoms with van der Waals surface area (Å²) in [6.45, 7) is 6.91. The zero-order valence-corrected chi connectivity index (χ0v) is 11.0. The van der Waals surface area contributed by atoms with Gasteiger partial charge in [0, 0.05) is 21.9 Å². The van der Waals surface area contributed by atoms with E-state index in [1.54, 1.807) is 4.90 Å². The van der Waals surface area contributed by atoms with E-state index in [4.69, 9.17) is 7.48 Å². The van der Waals surface area contributed by atoms with Crippen LogP contribution in [0.1, 0.15) is 49.7 Å². The van der Waals surface area contributed by atoms with Gasteiger partial charge in [-0.25, -0.2) is 4.79 Å². The van der Waals surface area contributed by atoms with Crippen LogP contribution in [0.5, 0.6) is 0 Å². The Bertz CT molecular complexity index is 355. The highest BCUT2D eigenvalue weighted by Crippen LogP contribution is 2.39. The van der Waals surface area contributed by atoms with Gasteiger partial charge in [-0.15, -0.1) is 0 Å². The van der Waals surface area contributed by atoms with Crippen molar-refractivity contribution in [3.05, 3.63) is 0 Å². The Labute approximate surface area is 107 Å². The Morgan fingerprint density at radius 1 is 1.71 bits per heavy atom. The van der Waals surface area contributed by atoms with Crippen LogP contribution in [0.3, 0.4) is 0 Å². The zero-order chi connectivity index (χ0) is 14.3. The van der Waals surface area contributed by atoms with Gasteiger partial charge in [0.25, 0.3) is 0 Å². The van der Waals surface area contributed by atoms with E-state index in [1.165, 1.54) is 0 Å². The predicted octanol–water partition coefficient (Wildman–Crippen LogP) is 2.14. The lowest BCUT2D eigenvalue weighted by molar-refractivity contribution is -0.0110. The van der Waals surface area contributed by atoms with Gasteiger partial charge in [-0.05, 0) is 40.0 Å². The summed E-state index contributed by atoms with van der Waals surface area (Å²) in [5, 5.41) is 3.30. The Morgan fingerprint density at radius 3 is 3.12 bits per heavy atom. The number of carbonyl (C=O) groups is 1. The molecule has 2 rings (SSSR count). The number of rotatable bonds is 1. The lowest BCUT2D eigenvalue weighted by Crippen LogP contribution is -2.62. The molecular weight excluding hydrogens is 216 g/mol. The van der Waals surface area contributed by atoms with E-state index in [0.29, 0.717) is 6.54 Å². The van der Waals surface area contributed by atoms with Crippen LogP contribution < -0.4 is 5.32 Å². The fourth-order valence-corrected chi connectivity index (χ4v) is 2.77. The van der Waals surface area contributed by atoms with Crippen molar-refractivity contribution < 1.29 is 12.3 Å². The summed E-state index contributed by atoms with van der Waals surface area (Å²) >= 11 is 0. The van der Waals surface area contributed by atoms with Gasteiger partial charge in [0.15, 0.2) is 0 Å². The maximum Gasteiger partial charge on any atom is 0.411 e. The molecule has 0 aliphatic carbocycles. The molecule has 3 atom stereocenters. The first-order valence-electron chi connectivity index (χ1n) is 7.53. The molecule has 0 saturated carbocycles. The number of hydrogen-bond acceptors (Lipinski definition) is 3. The van der Waals surface area contributed by atoms with Crippen LogP contribution in [0, 0.1) is 0 Å². The second-order valence-corrected chi connectivity index (χ2v) is 5.98. The van der Waals surface area contributed by atoms with Crippen LogP contribution in [0.15, 0.2) is 0 Å². The summed E-state index contributed by atoms with van der Waals surface area (Å²) < 4.78 is 21.2. The largest absolute Gasteiger partial charge is 0.444 e. The molecule has 1 N–H and O–H groups in total. The molecule has 2 aliphatic heterocycles. The fourth-order valence-electron chi connectivity index (χ4n) is 2.77. The zero-order valence-electron chi connectivity index (χ0n) is 13.0. The SMILES string of the molecule is [2H]CC([2H])[C@@]12CC[C@@H](CNC1)N2C(=O)OC(C)(C)C. The van der Waals surface area contributed by atoms with E-state index < -0.39 is 17.5 Å². The molecule has 2 heterocycles. The molecular formula is C13H24N2O2. The molecule has 0 aromatic carbocycles. The van der Waals surface area contributed by atoms with Gasteiger partial charge in [0.2, 0.25) is 0 Å². The summed E-state index contributed by atoms with van der Waals surface area (Å²) in [7, 11) is 0. The van der Waals surface area contributed by atoms with Crippen LogP contribution in [0.25, 0.3) is 0 Å². The van der Waals surface area contributed by atoms with E-state index in [2.05, 4.69) is 5.32 Å². The standard InChI is InChI=1S/C13H24N2O2/c1-5-13-7-6-10(8-14-9-13)15(13)11(16)17-12(2,3)4/h10,14H,5-9H2,1-4H3/t10-,13+/m0/s1/i1D,5D/t5?,10-,13+. The maximum atomic E-state index is 12.4. The minimum Gasteiger partial charge on any atom is -0.444 e. The number of piperazine rings is 1. The third-order valence-corrected chi connectivity index (χ3v) is 3.54. The molecule has 4 nitrogen and oxygen atoms in total. The number of nitrogens with zero attached hydrogens (tertiary/aromatic N) is 1. The van der Waals surface area contributed by atoms with Crippen molar-refractivity contribution in [2.75, 3.05) is 13.1 Å². The second-order valence-electron chi connectivity index (χ2n) is 5.98. The number of amides is 1. The molecule has 1 amide bonds. The highest BCUT2D eigenvalue weighted by Gasteiger charge is 2.51. The fraction of sp³-hybridized carbons (Fsp3) is 0.923. The predicted molar refractivity (Wildman–Crippen MR) is 67.0 cm³/mol. The van der Waals surface area contributed by atoms with Gasteiger partial charge >= 0.3 is 6.09 Å².